The smallest absolute Gasteiger partial charge is 0.239 e. The molecule has 0 saturated carbocycles. The lowest BCUT2D eigenvalue weighted by Gasteiger charge is -2.07. The molecule has 0 unspecified atom stereocenters. The van der Waals surface area contributed by atoms with Gasteiger partial charge in [0, 0.05) is 11.3 Å². The largest absolute Gasteiger partial charge is 0.325 e. The van der Waals surface area contributed by atoms with E-state index in [1.165, 1.54) is 13.0 Å². The summed E-state index contributed by atoms with van der Waals surface area (Å²) in [6, 6.07) is 15.1. The summed E-state index contributed by atoms with van der Waals surface area (Å²) >= 11 is 0. The number of sulfone groups is 1. The highest BCUT2D eigenvalue weighted by Crippen LogP contribution is 2.12. The molecular weight excluding hydrogens is 314 g/mol. The first kappa shape index (κ1) is 16.9. The Morgan fingerprint density at radius 2 is 1.70 bits per heavy atom. The lowest BCUT2D eigenvalue weighted by Crippen LogP contribution is -2.24. The Labute approximate surface area is 135 Å². The van der Waals surface area contributed by atoms with Crippen molar-refractivity contribution in [3.63, 3.8) is 0 Å². The van der Waals surface area contributed by atoms with Crippen molar-refractivity contribution in [2.24, 2.45) is 0 Å². The molecule has 2 rings (SSSR count). The van der Waals surface area contributed by atoms with Crippen molar-refractivity contribution in [3.8, 4) is 0 Å². The molecule has 2 aromatic carbocycles. The highest BCUT2D eigenvalue weighted by molar-refractivity contribution is 7.91. The normalized spacial score (nSPS) is 11.0. The second-order valence-corrected chi connectivity index (χ2v) is 7.27. The molecule has 0 spiro atoms. The van der Waals surface area contributed by atoms with Gasteiger partial charge >= 0.3 is 0 Å². The zero-order valence-corrected chi connectivity index (χ0v) is 13.5. The molecule has 0 radical (unpaired) electrons. The van der Waals surface area contributed by atoms with Gasteiger partial charge in [0.15, 0.2) is 15.6 Å². The standard InChI is InChI=1S/C17H17NO4S/c1-13(19)15-8-5-9-16(10-15)18-17(20)12-23(21,22)11-14-6-3-2-4-7-14/h2-10H,11-12H2,1H3,(H,18,20). The lowest BCUT2D eigenvalue weighted by molar-refractivity contribution is -0.113. The number of carbonyl (C=O) groups is 2. The monoisotopic (exact) mass is 331 g/mol. The molecule has 2 aromatic rings. The van der Waals surface area contributed by atoms with Crippen molar-refractivity contribution < 1.29 is 18.0 Å². The van der Waals surface area contributed by atoms with Crippen LogP contribution < -0.4 is 5.32 Å². The lowest BCUT2D eigenvalue weighted by atomic mass is 10.1. The van der Waals surface area contributed by atoms with Crippen LogP contribution in [0.1, 0.15) is 22.8 Å². The molecule has 0 bridgehead atoms. The fourth-order valence-corrected chi connectivity index (χ4v) is 3.37. The van der Waals surface area contributed by atoms with Crippen LogP contribution in [0.4, 0.5) is 5.69 Å². The SMILES string of the molecule is CC(=O)c1cccc(NC(=O)CS(=O)(=O)Cc2ccccc2)c1. The number of rotatable bonds is 6. The maximum Gasteiger partial charge on any atom is 0.239 e. The first-order chi connectivity index (χ1) is 10.9. The molecule has 5 nitrogen and oxygen atoms in total. The number of nitrogens with one attached hydrogen (secondary N) is 1. The van der Waals surface area contributed by atoms with E-state index in [4.69, 9.17) is 0 Å². The van der Waals surface area contributed by atoms with Gasteiger partial charge in [0.2, 0.25) is 5.91 Å². The van der Waals surface area contributed by atoms with E-state index in [0.29, 0.717) is 16.8 Å². The molecule has 0 aliphatic heterocycles. The topological polar surface area (TPSA) is 80.3 Å². The van der Waals surface area contributed by atoms with E-state index in [0.717, 1.165) is 0 Å². The molecular formula is C17H17NO4S. The van der Waals surface area contributed by atoms with Crippen molar-refractivity contribution in [2.75, 3.05) is 11.1 Å². The number of benzene rings is 2. The molecule has 0 heterocycles. The third kappa shape index (κ3) is 5.34. The Balaban J connectivity index is 2.01. The van der Waals surface area contributed by atoms with E-state index in [2.05, 4.69) is 5.32 Å². The van der Waals surface area contributed by atoms with E-state index < -0.39 is 21.5 Å². The van der Waals surface area contributed by atoms with E-state index in [-0.39, 0.29) is 11.5 Å². The fraction of sp³-hybridized carbons (Fsp3) is 0.176. The van der Waals surface area contributed by atoms with Gasteiger partial charge in [-0.05, 0) is 24.6 Å². The molecule has 0 saturated heterocycles. The number of hydrogen-bond acceptors (Lipinski definition) is 4. The third-order valence-corrected chi connectivity index (χ3v) is 4.61. The van der Waals surface area contributed by atoms with Crippen LogP contribution in [-0.2, 0) is 20.4 Å². The molecule has 0 aromatic heterocycles. The van der Waals surface area contributed by atoms with E-state index in [1.54, 1.807) is 48.5 Å². The van der Waals surface area contributed by atoms with Crippen LogP contribution in [0.5, 0.6) is 0 Å². The Bertz CT molecular complexity index is 813. The molecule has 6 heteroatoms. The van der Waals surface area contributed by atoms with Gasteiger partial charge in [0.05, 0.1) is 5.75 Å². The van der Waals surface area contributed by atoms with Crippen LogP contribution in [0.15, 0.2) is 54.6 Å². The van der Waals surface area contributed by atoms with Gasteiger partial charge in [0.25, 0.3) is 0 Å². The minimum atomic E-state index is -3.56. The minimum Gasteiger partial charge on any atom is -0.325 e. The van der Waals surface area contributed by atoms with Crippen LogP contribution in [0.3, 0.4) is 0 Å². The zero-order valence-electron chi connectivity index (χ0n) is 12.7. The van der Waals surface area contributed by atoms with Crippen LogP contribution in [0, 0.1) is 0 Å². The van der Waals surface area contributed by atoms with Crippen molar-refractivity contribution >= 4 is 27.2 Å². The summed E-state index contributed by atoms with van der Waals surface area (Å²) in [5.74, 6) is -1.54. The van der Waals surface area contributed by atoms with E-state index in [1.807, 2.05) is 0 Å². The van der Waals surface area contributed by atoms with Gasteiger partial charge in [-0.2, -0.15) is 0 Å². The first-order valence-corrected chi connectivity index (χ1v) is 8.83. The first-order valence-electron chi connectivity index (χ1n) is 7.01. The Hall–Kier alpha value is -2.47. The Morgan fingerprint density at radius 1 is 1.00 bits per heavy atom. The van der Waals surface area contributed by atoms with E-state index >= 15 is 0 Å². The van der Waals surface area contributed by atoms with Gasteiger partial charge < -0.3 is 5.32 Å². The maximum absolute atomic E-state index is 12.1. The third-order valence-electron chi connectivity index (χ3n) is 3.13. The predicted octanol–water partition coefficient (Wildman–Crippen LogP) is 2.44. The van der Waals surface area contributed by atoms with Crippen LogP contribution in [0.2, 0.25) is 0 Å². The predicted molar refractivity (Wildman–Crippen MR) is 89.0 cm³/mol. The van der Waals surface area contributed by atoms with Crippen LogP contribution in [-0.4, -0.2) is 25.9 Å². The molecule has 0 aliphatic rings. The summed E-state index contributed by atoms with van der Waals surface area (Å²) in [4.78, 5) is 23.2. The Kier molecular flexibility index (Phi) is 5.28. The van der Waals surface area contributed by atoms with Crippen molar-refractivity contribution in [3.05, 3.63) is 65.7 Å². The van der Waals surface area contributed by atoms with Gasteiger partial charge in [-0.15, -0.1) is 0 Å². The maximum atomic E-state index is 12.1. The molecule has 23 heavy (non-hydrogen) atoms. The summed E-state index contributed by atoms with van der Waals surface area (Å²) in [6.07, 6.45) is 0. The van der Waals surface area contributed by atoms with Crippen LogP contribution >= 0.6 is 0 Å². The Morgan fingerprint density at radius 3 is 2.35 bits per heavy atom. The highest BCUT2D eigenvalue weighted by atomic mass is 32.2. The second-order valence-electron chi connectivity index (χ2n) is 5.20. The second kappa shape index (κ2) is 7.19. The molecule has 120 valence electrons. The quantitative estimate of drug-likeness (QED) is 0.825. The summed E-state index contributed by atoms with van der Waals surface area (Å²) in [6.45, 7) is 1.42. The van der Waals surface area contributed by atoms with Gasteiger partial charge in [-0.1, -0.05) is 42.5 Å². The molecule has 0 aliphatic carbocycles. The minimum absolute atomic E-state index is 0.127. The number of anilines is 1. The molecule has 0 atom stereocenters. The average Bonchev–Trinajstić information content (AvgIpc) is 2.47. The van der Waals surface area contributed by atoms with Gasteiger partial charge in [-0.3, -0.25) is 9.59 Å². The van der Waals surface area contributed by atoms with Gasteiger partial charge in [0.1, 0.15) is 5.75 Å². The average molecular weight is 331 g/mol. The molecule has 1 N–H and O–H groups in total. The van der Waals surface area contributed by atoms with Crippen molar-refractivity contribution in [1.29, 1.82) is 0 Å². The summed E-state index contributed by atoms with van der Waals surface area (Å²) in [5, 5.41) is 2.51. The van der Waals surface area contributed by atoms with Crippen LogP contribution in [0.25, 0.3) is 0 Å². The highest BCUT2D eigenvalue weighted by Gasteiger charge is 2.17. The van der Waals surface area contributed by atoms with E-state index in [9.17, 15) is 18.0 Å². The number of amides is 1. The van der Waals surface area contributed by atoms with Crippen molar-refractivity contribution in [1.82, 2.24) is 0 Å². The number of hydrogen-bond donors (Lipinski definition) is 1. The number of ketones is 1. The summed E-state index contributed by atoms with van der Waals surface area (Å²) in [7, 11) is -3.56. The van der Waals surface area contributed by atoms with Crippen molar-refractivity contribution in [2.45, 2.75) is 12.7 Å². The zero-order chi connectivity index (χ0) is 16.9. The van der Waals surface area contributed by atoms with Gasteiger partial charge in [-0.25, -0.2) is 8.42 Å². The number of carbonyl (C=O) groups excluding carboxylic acids is 2. The molecule has 0 fully saturated rings. The summed E-state index contributed by atoms with van der Waals surface area (Å²) in [5.41, 5.74) is 1.49. The molecule has 1 amide bonds. The summed E-state index contributed by atoms with van der Waals surface area (Å²) < 4.78 is 24.1. The number of Topliss-reactive ketones (excluding diaryl/α,β-unsaturated/α-hetero) is 1. The fourth-order valence-electron chi connectivity index (χ4n) is 2.09.